The molecule has 0 unspecified atom stereocenters. The fraction of sp³-hybridized carbons (Fsp3) is 0.143. The molecule has 0 aliphatic heterocycles. The highest BCUT2D eigenvalue weighted by Crippen LogP contribution is 2.17. The van der Waals surface area contributed by atoms with Gasteiger partial charge in [0.1, 0.15) is 5.82 Å². The van der Waals surface area contributed by atoms with E-state index in [0.717, 1.165) is 6.34 Å². The second kappa shape index (κ2) is 3.08. The maximum atomic E-state index is 10.8. The molecule has 64 valence electrons. The number of carbonyl (C=O) groups is 1. The summed E-state index contributed by atoms with van der Waals surface area (Å²) >= 11 is 0. The Kier molecular flexibility index (Phi) is 2.14. The summed E-state index contributed by atoms with van der Waals surface area (Å²) in [6.07, 6.45) is 2.82. The molecule has 4 N–H and O–H groups in total. The minimum atomic E-state index is -0.504. The first-order valence-electron chi connectivity index (χ1n) is 3.36. The topological polar surface area (TPSA) is 86.4 Å². The first-order chi connectivity index (χ1) is 5.66. The molecule has 1 aromatic heterocycles. The number of aromatic nitrogens is 1. The molecule has 5 heteroatoms. The average molecular weight is 166 g/mol. The number of nitrogens with zero attached hydrogens (tertiary/aromatic N) is 2. The number of aryl methyl sites for hydroxylation is 1. The summed E-state index contributed by atoms with van der Waals surface area (Å²) in [4.78, 5) is 14.6. The van der Waals surface area contributed by atoms with Crippen molar-refractivity contribution in [3.63, 3.8) is 0 Å². The summed E-state index contributed by atoms with van der Waals surface area (Å²) in [5.41, 5.74) is 10.6. The highest BCUT2D eigenvalue weighted by molar-refractivity contribution is 5.97. The van der Waals surface area contributed by atoms with Crippen LogP contribution in [0.15, 0.2) is 17.3 Å². The molecular weight excluding hydrogens is 156 g/mol. The number of nitrogens with two attached hydrogens (primary N) is 2. The summed E-state index contributed by atoms with van der Waals surface area (Å²) in [5, 5.41) is 0. The number of primary amides is 1. The van der Waals surface area contributed by atoms with Crippen molar-refractivity contribution < 1.29 is 4.79 Å². The summed E-state index contributed by atoms with van der Waals surface area (Å²) in [7, 11) is 1.76. The normalized spacial score (nSPS) is 10.8. The highest BCUT2D eigenvalue weighted by atomic mass is 16.1. The molecule has 0 atom stereocenters. The van der Waals surface area contributed by atoms with Gasteiger partial charge in [0, 0.05) is 13.2 Å². The predicted molar refractivity (Wildman–Crippen MR) is 46.3 cm³/mol. The minimum Gasteiger partial charge on any atom is -0.390 e. The maximum absolute atomic E-state index is 10.8. The van der Waals surface area contributed by atoms with E-state index in [4.69, 9.17) is 11.5 Å². The molecule has 0 bridgehead atoms. The van der Waals surface area contributed by atoms with Crippen LogP contribution in [0, 0.1) is 0 Å². The van der Waals surface area contributed by atoms with E-state index in [2.05, 4.69) is 4.99 Å². The highest BCUT2D eigenvalue weighted by Gasteiger charge is 2.09. The predicted octanol–water partition coefficient (Wildman–Crippen LogP) is -0.257. The monoisotopic (exact) mass is 166 g/mol. The largest absolute Gasteiger partial charge is 0.390 e. The van der Waals surface area contributed by atoms with Gasteiger partial charge in [0.2, 0.25) is 0 Å². The lowest BCUT2D eigenvalue weighted by Crippen LogP contribution is -2.10. The van der Waals surface area contributed by atoms with Gasteiger partial charge in [-0.05, 0) is 6.07 Å². The molecule has 0 saturated heterocycles. The van der Waals surface area contributed by atoms with Crippen molar-refractivity contribution in [2.75, 3.05) is 0 Å². The molecule has 5 nitrogen and oxygen atoms in total. The Morgan fingerprint density at radius 1 is 1.75 bits per heavy atom. The van der Waals surface area contributed by atoms with Gasteiger partial charge in [0.25, 0.3) is 5.91 Å². The number of amides is 1. The molecule has 12 heavy (non-hydrogen) atoms. The molecule has 0 spiro atoms. The zero-order valence-electron chi connectivity index (χ0n) is 6.69. The Morgan fingerprint density at radius 2 is 2.42 bits per heavy atom. The molecule has 1 heterocycles. The molecular formula is C7H10N4O. The Balaban J connectivity index is 3.21. The standard InChI is InChI=1S/C7H10N4O/c1-11-3-2-5(6(9)12)7(11)10-4-8/h2-4H,1H3,(H2,8,10)(H2,9,12). The smallest absolute Gasteiger partial charge is 0.252 e. The van der Waals surface area contributed by atoms with E-state index in [-0.39, 0.29) is 0 Å². The lowest BCUT2D eigenvalue weighted by molar-refractivity contribution is 0.100. The van der Waals surface area contributed by atoms with Crippen molar-refractivity contribution in [3.05, 3.63) is 17.8 Å². The third kappa shape index (κ3) is 1.29. The van der Waals surface area contributed by atoms with E-state index in [1.807, 2.05) is 0 Å². The molecule has 1 aromatic rings. The number of rotatable bonds is 2. The molecule has 1 rings (SSSR count). The Hall–Kier alpha value is -1.78. The minimum absolute atomic E-state index is 0.374. The van der Waals surface area contributed by atoms with Crippen LogP contribution in [0.2, 0.25) is 0 Å². The SMILES string of the molecule is Cn1ccc(C(N)=O)c1/N=C\N. The second-order valence-electron chi connectivity index (χ2n) is 2.31. The third-order valence-corrected chi connectivity index (χ3v) is 1.50. The fourth-order valence-electron chi connectivity index (χ4n) is 0.945. The van der Waals surface area contributed by atoms with Crippen LogP contribution in [0.1, 0.15) is 10.4 Å². The third-order valence-electron chi connectivity index (χ3n) is 1.50. The van der Waals surface area contributed by atoms with Crippen molar-refractivity contribution in [3.8, 4) is 0 Å². The van der Waals surface area contributed by atoms with E-state index >= 15 is 0 Å². The number of aliphatic imine (C=N–C) groups is 1. The van der Waals surface area contributed by atoms with Gasteiger partial charge in [-0.3, -0.25) is 4.79 Å². The van der Waals surface area contributed by atoms with Gasteiger partial charge in [-0.1, -0.05) is 0 Å². The van der Waals surface area contributed by atoms with Crippen molar-refractivity contribution >= 4 is 18.1 Å². The van der Waals surface area contributed by atoms with Crippen LogP contribution in [-0.2, 0) is 7.05 Å². The van der Waals surface area contributed by atoms with Gasteiger partial charge in [0.05, 0.1) is 11.9 Å². The molecule has 0 saturated carbocycles. The summed E-state index contributed by atoms with van der Waals surface area (Å²) < 4.78 is 1.67. The average Bonchev–Trinajstić information content (AvgIpc) is 2.34. The van der Waals surface area contributed by atoms with Crippen molar-refractivity contribution in [2.45, 2.75) is 0 Å². The molecule has 1 amide bonds. The number of carbonyl (C=O) groups excluding carboxylic acids is 1. The van der Waals surface area contributed by atoms with Crippen molar-refractivity contribution in [2.24, 2.45) is 23.5 Å². The number of hydrogen-bond donors (Lipinski definition) is 2. The van der Waals surface area contributed by atoms with Gasteiger partial charge in [-0.2, -0.15) is 0 Å². The zero-order valence-corrected chi connectivity index (χ0v) is 6.69. The second-order valence-corrected chi connectivity index (χ2v) is 2.31. The van der Waals surface area contributed by atoms with Crippen molar-refractivity contribution in [1.82, 2.24) is 4.57 Å². The van der Waals surface area contributed by atoms with Gasteiger partial charge in [0.15, 0.2) is 0 Å². The Morgan fingerprint density at radius 3 is 2.92 bits per heavy atom. The molecule has 0 fully saturated rings. The fourth-order valence-corrected chi connectivity index (χ4v) is 0.945. The molecule has 0 aliphatic carbocycles. The molecule has 0 aliphatic rings. The lowest BCUT2D eigenvalue weighted by atomic mass is 10.3. The van der Waals surface area contributed by atoms with Crippen LogP contribution in [0.3, 0.4) is 0 Å². The van der Waals surface area contributed by atoms with Gasteiger partial charge in [-0.25, -0.2) is 4.99 Å². The van der Waals surface area contributed by atoms with E-state index in [0.29, 0.717) is 11.4 Å². The molecule has 0 radical (unpaired) electrons. The van der Waals surface area contributed by atoms with Gasteiger partial charge < -0.3 is 16.0 Å². The van der Waals surface area contributed by atoms with Gasteiger partial charge >= 0.3 is 0 Å². The number of hydrogen-bond acceptors (Lipinski definition) is 2. The summed E-state index contributed by atoms with van der Waals surface area (Å²) in [6, 6.07) is 1.60. The van der Waals surface area contributed by atoms with Gasteiger partial charge in [-0.15, -0.1) is 0 Å². The summed E-state index contributed by atoms with van der Waals surface area (Å²) in [5.74, 6) is -0.0267. The van der Waals surface area contributed by atoms with Crippen LogP contribution >= 0.6 is 0 Å². The molecule has 0 aromatic carbocycles. The van der Waals surface area contributed by atoms with E-state index < -0.39 is 5.91 Å². The van der Waals surface area contributed by atoms with Crippen LogP contribution in [0.25, 0.3) is 0 Å². The van der Waals surface area contributed by atoms with E-state index in [1.54, 1.807) is 23.9 Å². The van der Waals surface area contributed by atoms with E-state index in [9.17, 15) is 4.79 Å². The first-order valence-corrected chi connectivity index (χ1v) is 3.36. The van der Waals surface area contributed by atoms with Crippen LogP contribution in [0.5, 0.6) is 0 Å². The van der Waals surface area contributed by atoms with Crippen LogP contribution < -0.4 is 11.5 Å². The summed E-state index contributed by atoms with van der Waals surface area (Å²) in [6.45, 7) is 0. The first kappa shape index (κ1) is 8.32. The van der Waals surface area contributed by atoms with E-state index in [1.165, 1.54) is 0 Å². The van der Waals surface area contributed by atoms with Crippen molar-refractivity contribution in [1.29, 1.82) is 0 Å². The Bertz CT molecular complexity index is 326. The Labute approximate surface area is 69.7 Å². The quantitative estimate of drug-likeness (QED) is 0.468. The lowest BCUT2D eigenvalue weighted by Gasteiger charge is -1.97. The van der Waals surface area contributed by atoms with Crippen LogP contribution in [0.4, 0.5) is 5.82 Å². The maximum Gasteiger partial charge on any atom is 0.252 e. The van der Waals surface area contributed by atoms with Crippen LogP contribution in [-0.4, -0.2) is 16.8 Å². The zero-order chi connectivity index (χ0) is 9.14.